The van der Waals surface area contributed by atoms with E-state index in [4.69, 9.17) is 4.74 Å². The number of nitrogens with zero attached hydrogens (tertiary/aromatic N) is 3. The summed E-state index contributed by atoms with van der Waals surface area (Å²) in [5, 5.41) is 6.63. The lowest BCUT2D eigenvalue weighted by atomic mass is 10.1. The van der Waals surface area contributed by atoms with Gasteiger partial charge in [0, 0.05) is 44.5 Å². The number of aliphatic imine (C=N–C) groups is 1. The molecule has 0 unspecified atom stereocenters. The van der Waals surface area contributed by atoms with Gasteiger partial charge in [-0.1, -0.05) is 36.4 Å². The summed E-state index contributed by atoms with van der Waals surface area (Å²) >= 11 is 0. The van der Waals surface area contributed by atoms with Crippen molar-refractivity contribution in [1.82, 2.24) is 20.5 Å². The Morgan fingerprint density at radius 2 is 1.76 bits per heavy atom. The van der Waals surface area contributed by atoms with E-state index >= 15 is 0 Å². The van der Waals surface area contributed by atoms with E-state index in [1.165, 1.54) is 49.2 Å². The van der Waals surface area contributed by atoms with Gasteiger partial charge in [-0.3, -0.25) is 9.89 Å². The highest BCUT2D eigenvalue weighted by atomic mass is 19.1. The predicted octanol–water partition coefficient (Wildman–Crippen LogP) is 4.47. The van der Waals surface area contributed by atoms with Gasteiger partial charge in [0.25, 0.3) is 0 Å². The van der Waals surface area contributed by atoms with Crippen molar-refractivity contribution in [3.63, 3.8) is 0 Å². The van der Waals surface area contributed by atoms with Crippen molar-refractivity contribution in [3.05, 3.63) is 89.4 Å². The Hall–Kier alpha value is -3.45. The van der Waals surface area contributed by atoms with Gasteiger partial charge >= 0.3 is 0 Å². The van der Waals surface area contributed by atoms with Crippen molar-refractivity contribution in [3.8, 4) is 11.6 Å². The third kappa shape index (κ3) is 6.76. The van der Waals surface area contributed by atoms with Gasteiger partial charge in [0.2, 0.25) is 5.88 Å². The lowest BCUT2D eigenvalue weighted by Gasteiger charge is -2.16. The number of guanidine groups is 1. The van der Waals surface area contributed by atoms with Gasteiger partial charge in [0.05, 0.1) is 0 Å². The number of rotatable bonds is 8. The number of aromatic nitrogens is 1. The molecule has 0 bridgehead atoms. The number of ether oxygens (including phenoxy) is 1. The molecule has 1 aliphatic rings. The molecule has 172 valence electrons. The Morgan fingerprint density at radius 3 is 2.52 bits per heavy atom. The van der Waals surface area contributed by atoms with Crippen LogP contribution in [0.1, 0.15) is 29.5 Å². The molecule has 0 saturated carbocycles. The van der Waals surface area contributed by atoms with E-state index in [1.54, 1.807) is 25.4 Å². The second-order valence-corrected chi connectivity index (χ2v) is 8.11. The molecule has 0 radical (unpaired) electrons. The van der Waals surface area contributed by atoms with Gasteiger partial charge in [0.15, 0.2) is 5.96 Å². The fourth-order valence-electron chi connectivity index (χ4n) is 3.84. The first-order valence-corrected chi connectivity index (χ1v) is 11.3. The Kier molecular flexibility index (Phi) is 7.87. The third-order valence-electron chi connectivity index (χ3n) is 5.62. The van der Waals surface area contributed by atoms with E-state index in [-0.39, 0.29) is 5.82 Å². The maximum atomic E-state index is 13.5. The molecule has 1 aliphatic heterocycles. The highest BCUT2D eigenvalue weighted by molar-refractivity contribution is 5.79. The van der Waals surface area contributed by atoms with E-state index < -0.39 is 0 Å². The molecule has 3 aromatic rings. The molecule has 1 fully saturated rings. The van der Waals surface area contributed by atoms with Crippen molar-refractivity contribution in [2.75, 3.05) is 20.1 Å². The number of nitrogens with one attached hydrogen (secondary N) is 2. The Labute approximate surface area is 194 Å². The lowest BCUT2D eigenvalue weighted by molar-refractivity contribution is 0.331. The summed E-state index contributed by atoms with van der Waals surface area (Å²) in [6.45, 7) is 4.58. The zero-order chi connectivity index (χ0) is 22.9. The number of pyridine rings is 1. The summed E-state index contributed by atoms with van der Waals surface area (Å²) in [6.07, 6.45) is 4.27. The molecule has 7 heteroatoms. The third-order valence-corrected chi connectivity index (χ3v) is 5.62. The van der Waals surface area contributed by atoms with Crippen LogP contribution in [0.2, 0.25) is 0 Å². The molecule has 4 rings (SSSR count). The number of likely N-dealkylation sites (tertiary alicyclic amines) is 1. The first-order chi connectivity index (χ1) is 16.2. The Bertz CT molecular complexity index is 1060. The van der Waals surface area contributed by atoms with Crippen molar-refractivity contribution in [2.24, 2.45) is 4.99 Å². The summed E-state index contributed by atoms with van der Waals surface area (Å²) in [4.78, 5) is 11.1. The molecule has 1 aromatic heterocycles. The van der Waals surface area contributed by atoms with Crippen LogP contribution in [0.3, 0.4) is 0 Å². The maximum Gasteiger partial charge on any atom is 0.224 e. The lowest BCUT2D eigenvalue weighted by Crippen LogP contribution is -2.36. The summed E-state index contributed by atoms with van der Waals surface area (Å²) in [7, 11) is 1.74. The van der Waals surface area contributed by atoms with Gasteiger partial charge < -0.3 is 15.4 Å². The zero-order valence-electron chi connectivity index (χ0n) is 18.9. The molecular formula is C26H30FN5O. The Balaban J connectivity index is 1.29. The summed E-state index contributed by atoms with van der Waals surface area (Å²) < 4.78 is 19.3. The molecule has 0 amide bonds. The molecular weight excluding hydrogens is 417 g/mol. The van der Waals surface area contributed by atoms with Gasteiger partial charge in [-0.15, -0.1) is 0 Å². The fourth-order valence-corrected chi connectivity index (χ4v) is 3.84. The largest absolute Gasteiger partial charge is 0.439 e. The van der Waals surface area contributed by atoms with E-state index in [9.17, 15) is 4.39 Å². The van der Waals surface area contributed by atoms with Gasteiger partial charge in [-0.05, 0) is 55.3 Å². The first kappa shape index (κ1) is 22.7. The van der Waals surface area contributed by atoms with E-state index in [1.807, 2.05) is 12.1 Å². The van der Waals surface area contributed by atoms with E-state index in [0.717, 1.165) is 12.1 Å². The molecule has 2 aromatic carbocycles. The van der Waals surface area contributed by atoms with Crippen LogP contribution in [0.4, 0.5) is 4.39 Å². The number of halogens is 1. The van der Waals surface area contributed by atoms with Crippen LogP contribution in [-0.4, -0.2) is 36.0 Å². The normalized spacial score (nSPS) is 14.3. The average molecular weight is 448 g/mol. The molecule has 2 heterocycles. The van der Waals surface area contributed by atoms with Crippen LogP contribution in [0, 0.1) is 5.82 Å². The quantitative estimate of drug-likeness (QED) is 0.394. The second kappa shape index (κ2) is 11.4. The summed E-state index contributed by atoms with van der Waals surface area (Å²) in [6, 6.07) is 18.5. The summed E-state index contributed by atoms with van der Waals surface area (Å²) in [5.74, 6) is 1.17. The predicted molar refractivity (Wildman–Crippen MR) is 129 cm³/mol. The van der Waals surface area contributed by atoms with Crippen LogP contribution in [0.15, 0.2) is 71.9 Å². The van der Waals surface area contributed by atoms with Gasteiger partial charge in [-0.2, -0.15) is 0 Å². The topological polar surface area (TPSA) is 61.8 Å². The first-order valence-electron chi connectivity index (χ1n) is 11.3. The van der Waals surface area contributed by atoms with Crippen molar-refractivity contribution in [2.45, 2.75) is 32.5 Å². The summed E-state index contributed by atoms with van der Waals surface area (Å²) in [5.41, 5.74) is 3.39. The minimum Gasteiger partial charge on any atom is -0.439 e. The van der Waals surface area contributed by atoms with E-state index in [0.29, 0.717) is 30.7 Å². The van der Waals surface area contributed by atoms with Crippen molar-refractivity contribution in [1.29, 1.82) is 0 Å². The smallest absolute Gasteiger partial charge is 0.224 e. The van der Waals surface area contributed by atoms with Gasteiger partial charge in [-0.25, -0.2) is 9.37 Å². The number of benzene rings is 2. The fraction of sp³-hybridized carbons (Fsp3) is 0.308. The Morgan fingerprint density at radius 1 is 1.00 bits per heavy atom. The SMILES string of the molecule is CN=C(NCc1ccc(CN2CCCC2)cc1)NCc1cccnc1Oc1cccc(F)c1. The molecule has 0 atom stereocenters. The van der Waals surface area contributed by atoms with Crippen LogP contribution in [0.5, 0.6) is 11.6 Å². The minimum atomic E-state index is -0.350. The van der Waals surface area contributed by atoms with Crippen LogP contribution in [-0.2, 0) is 19.6 Å². The van der Waals surface area contributed by atoms with Crippen LogP contribution in [0.25, 0.3) is 0 Å². The monoisotopic (exact) mass is 447 g/mol. The van der Waals surface area contributed by atoms with E-state index in [2.05, 4.69) is 49.8 Å². The number of hydrogen-bond acceptors (Lipinski definition) is 4. The van der Waals surface area contributed by atoms with Crippen molar-refractivity contribution < 1.29 is 9.13 Å². The average Bonchev–Trinajstić information content (AvgIpc) is 3.34. The molecule has 0 spiro atoms. The maximum absolute atomic E-state index is 13.5. The molecule has 2 N–H and O–H groups in total. The molecule has 6 nitrogen and oxygen atoms in total. The zero-order valence-corrected chi connectivity index (χ0v) is 18.9. The van der Waals surface area contributed by atoms with Gasteiger partial charge in [0.1, 0.15) is 11.6 Å². The molecule has 0 aliphatic carbocycles. The molecule has 33 heavy (non-hydrogen) atoms. The standard InChI is InChI=1S/C26H30FN5O/c1-28-26(30-17-20-9-11-21(12-10-20)19-32-14-2-3-15-32)31-18-22-6-5-13-29-25(22)33-24-8-4-7-23(27)16-24/h4-13,16H,2-3,14-15,17-19H2,1H3,(H2,28,30,31). The second-order valence-electron chi connectivity index (χ2n) is 8.11. The number of hydrogen-bond donors (Lipinski definition) is 2. The molecule has 1 saturated heterocycles. The van der Waals surface area contributed by atoms with Crippen LogP contribution < -0.4 is 15.4 Å². The highest BCUT2D eigenvalue weighted by Crippen LogP contribution is 2.23. The minimum absolute atomic E-state index is 0.350. The van der Waals surface area contributed by atoms with Crippen LogP contribution >= 0.6 is 0 Å². The highest BCUT2D eigenvalue weighted by Gasteiger charge is 2.12. The van der Waals surface area contributed by atoms with Crippen molar-refractivity contribution >= 4 is 5.96 Å².